The number of nitrogens with zero attached hydrogens (tertiary/aromatic N) is 1. The summed E-state index contributed by atoms with van der Waals surface area (Å²) < 4.78 is 0. The molecule has 0 spiro atoms. The Bertz CT molecular complexity index is 231. The highest BCUT2D eigenvalue weighted by Gasteiger charge is 2.38. The quantitative estimate of drug-likeness (QED) is 0.669. The fraction of sp³-hybridized carbons (Fsp3) is 0.727. The first-order chi connectivity index (χ1) is 6.53. The Labute approximate surface area is 86.2 Å². The van der Waals surface area contributed by atoms with Gasteiger partial charge in [0.2, 0.25) is 5.91 Å². The van der Waals surface area contributed by atoms with Gasteiger partial charge in [0.1, 0.15) is 0 Å². The van der Waals surface area contributed by atoms with Crippen molar-refractivity contribution in [1.82, 2.24) is 10.2 Å². The van der Waals surface area contributed by atoms with Gasteiger partial charge in [0, 0.05) is 12.6 Å². The van der Waals surface area contributed by atoms with Crippen LogP contribution < -0.4 is 5.32 Å². The maximum atomic E-state index is 12.1. The van der Waals surface area contributed by atoms with E-state index in [0.29, 0.717) is 12.6 Å². The summed E-state index contributed by atoms with van der Waals surface area (Å²) in [6, 6.07) is 0.452. The van der Waals surface area contributed by atoms with Crippen LogP contribution in [0.1, 0.15) is 26.7 Å². The maximum Gasteiger partial charge on any atom is 0.242 e. The Morgan fingerprint density at radius 3 is 2.57 bits per heavy atom. The lowest BCUT2D eigenvalue weighted by molar-refractivity contribution is -0.136. The molecule has 0 atom stereocenters. The highest BCUT2D eigenvalue weighted by Crippen LogP contribution is 2.28. The van der Waals surface area contributed by atoms with E-state index in [9.17, 15) is 4.79 Å². The SMILES string of the molecule is C=CCN(C(=O)C(C)(C)NC)C1CC1. The first-order valence-corrected chi connectivity index (χ1v) is 5.14. The maximum absolute atomic E-state index is 12.1. The molecule has 1 saturated carbocycles. The molecular formula is C11H20N2O. The van der Waals surface area contributed by atoms with E-state index in [2.05, 4.69) is 11.9 Å². The average Bonchev–Trinajstić information content (AvgIpc) is 2.96. The monoisotopic (exact) mass is 196 g/mol. The third kappa shape index (κ3) is 2.35. The predicted octanol–water partition coefficient (Wildman–Crippen LogP) is 1.16. The molecule has 1 amide bonds. The van der Waals surface area contributed by atoms with E-state index < -0.39 is 5.54 Å². The molecule has 0 heterocycles. The minimum absolute atomic E-state index is 0.169. The van der Waals surface area contributed by atoms with Crippen molar-refractivity contribution < 1.29 is 4.79 Å². The topological polar surface area (TPSA) is 32.3 Å². The Kier molecular flexibility index (Phi) is 3.32. The molecule has 1 fully saturated rings. The lowest BCUT2D eigenvalue weighted by atomic mass is 10.0. The standard InChI is InChI=1S/C11H20N2O/c1-5-8-13(9-6-7-9)10(14)11(2,3)12-4/h5,9,12H,1,6-8H2,2-4H3. The summed E-state index contributed by atoms with van der Waals surface area (Å²) in [6.07, 6.45) is 4.07. The van der Waals surface area contributed by atoms with Crippen molar-refractivity contribution in [2.75, 3.05) is 13.6 Å². The fourth-order valence-electron chi connectivity index (χ4n) is 1.39. The number of nitrogens with one attached hydrogen (secondary N) is 1. The van der Waals surface area contributed by atoms with Gasteiger partial charge in [-0.3, -0.25) is 4.79 Å². The van der Waals surface area contributed by atoms with Gasteiger partial charge in [0.15, 0.2) is 0 Å². The number of rotatable bonds is 5. The van der Waals surface area contributed by atoms with E-state index in [1.165, 1.54) is 0 Å². The molecule has 80 valence electrons. The van der Waals surface area contributed by atoms with Crippen LogP contribution in [-0.4, -0.2) is 36.0 Å². The molecule has 0 bridgehead atoms. The van der Waals surface area contributed by atoms with Crippen molar-refractivity contribution in [3.63, 3.8) is 0 Å². The van der Waals surface area contributed by atoms with E-state index in [4.69, 9.17) is 0 Å². The van der Waals surface area contributed by atoms with Gasteiger partial charge in [0.05, 0.1) is 5.54 Å². The summed E-state index contributed by atoms with van der Waals surface area (Å²) >= 11 is 0. The average molecular weight is 196 g/mol. The number of carbonyl (C=O) groups is 1. The van der Waals surface area contributed by atoms with E-state index in [1.807, 2.05) is 25.8 Å². The molecule has 0 aliphatic heterocycles. The lowest BCUT2D eigenvalue weighted by Crippen LogP contribution is -2.53. The first kappa shape index (κ1) is 11.2. The molecular weight excluding hydrogens is 176 g/mol. The predicted molar refractivity (Wildman–Crippen MR) is 58.1 cm³/mol. The van der Waals surface area contributed by atoms with Crippen molar-refractivity contribution >= 4 is 5.91 Å². The van der Waals surface area contributed by atoms with Gasteiger partial charge in [-0.1, -0.05) is 6.08 Å². The second kappa shape index (κ2) is 4.13. The van der Waals surface area contributed by atoms with Crippen LogP contribution in [0.2, 0.25) is 0 Å². The van der Waals surface area contributed by atoms with E-state index in [0.717, 1.165) is 12.8 Å². The number of carbonyl (C=O) groups excluding carboxylic acids is 1. The number of hydrogen-bond donors (Lipinski definition) is 1. The summed E-state index contributed by atoms with van der Waals surface area (Å²) in [6.45, 7) is 8.17. The summed E-state index contributed by atoms with van der Waals surface area (Å²) in [4.78, 5) is 14.0. The zero-order valence-corrected chi connectivity index (χ0v) is 9.34. The minimum atomic E-state index is -0.467. The fourth-order valence-corrected chi connectivity index (χ4v) is 1.39. The lowest BCUT2D eigenvalue weighted by Gasteiger charge is -2.31. The number of likely N-dealkylation sites (N-methyl/N-ethyl adjacent to an activating group) is 1. The minimum Gasteiger partial charge on any atom is -0.334 e. The van der Waals surface area contributed by atoms with Crippen LogP contribution in [0.3, 0.4) is 0 Å². The van der Waals surface area contributed by atoms with Crippen LogP contribution in [-0.2, 0) is 4.79 Å². The molecule has 1 rings (SSSR count). The van der Waals surface area contributed by atoms with Crippen LogP contribution in [0.25, 0.3) is 0 Å². The Balaban J connectivity index is 2.67. The van der Waals surface area contributed by atoms with Gasteiger partial charge in [-0.2, -0.15) is 0 Å². The van der Waals surface area contributed by atoms with E-state index in [-0.39, 0.29) is 5.91 Å². The van der Waals surface area contributed by atoms with Crippen LogP contribution in [0, 0.1) is 0 Å². The second-order valence-corrected chi connectivity index (χ2v) is 4.35. The summed E-state index contributed by atoms with van der Waals surface area (Å²) in [7, 11) is 1.82. The van der Waals surface area contributed by atoms with Crippen LogP contribution in [0.4, 0.5) is 0 Å². The molecule has 0 unspecified atom stereocenters. The van der Waals surface area contributed by atoms with Gasteiger partial charge in [-0.05, 0) is 33.7 Å². The highest BCUT2D eigenvalue weighted by atomic mass is 16.2. The van der Waals surface area contributed by atoms with Crippen LogP contribution in [0.5, 0.6) is 0 Å². The zero-order valence-electron chi connectivity index (χ0n) is 9.34. The Morgan fingerprint density at radius 2 is 2.21 bits per heavy atom. The molecule has 1 aliphatic carbocycles. The van der Waals surface area contributed by atoms with Gasteiger partial charge < -0.3 is 10.2 Å². The molecule has 0 aromatic heterocycles. The normalized spacial score (nSPS) is 16.5. The molecule has 3 heteroatoms. The molecule has 0 aromatic rings. The van der Waals surface area contributed by atoms with Gasteiger partial charge in [-0.15, -0.1) is 6.58 Å². The third-order valence-electron chi connectivity index (χ3n) is 2.73. The largest absolute Gasteiger partial charge is 0.334 e. The Morgan fingerprint density at radius 1 is 1.64 bits per heavy atom. The smallest absolute Gasteiger partial charge is 0.242 e. The van der Waals surface area contributed by atoms with Gasteiger partial charge in [-0.25, -0.2) is 0 Å². The molecule has 3 nitrogen and oxygen atoms in total. The highest BCUT2D eigenvalue weighted by molar-refractivity contribution is 5.86. The van der Waals surface area contributed by atoms with Crippen molar-refractivity contribution in [3.8, 4) is 0 Å². The molecule has 1 aliphatic rings. The van der Waals surface area contributed by atoms with E-state index in [1.54, 1.807) is 6.08 Å². The molecule has 1 N–H and O–H groups in total. The molecule has 0 saturated heterocycles. The second-order valence-electron chi connectivity index (χ2n) is 4.35. The first-order valence-electron chi connectivity index (χ1n) is 5.14. The van der Waals surface area contributed by atoms with Crippen molar-refractivity contribution in [2.24, 2.45) is 0 Å². The number of hydrogen-bond acceptors (Lipinski definition) is 2. The molecule has 14 heavy (non-hydrogen) atoms. The van der Waals surface area contributed by atoms with E-state index >= 15 is 0 Å². The Hall–Kier alpha value is -0.830. The summed E-state index contributed by atoms with van der Waals surface area (Å²) in [5.74, 6) is 0.169. The molecule has 0 aromatic carbocycles. The van der Waals surface area contributed by atoms with Crippen molar-refractivity contribution in [2.45, 2.75) is 38.3 Å². The van der Waals surface area contributed by atoms with Gasteiger partial charge in [0.25, 0.3) is 0 Å². The van der Waals surface area contributed by atoms with Crippen molar-refractivity contribution in [1.29, 1.82) is 0 Å². The van der Waals surface area contributed by atoms with Crippen LogP contribution >= 0.6 is 0 Å². The third-order valence-corrected chi connectivity index (χ3v) is 2.73. The number of amides is 1. The summed E-state index contributed by atoms with van der Waals surface area (Å²) in [5, 5.41) is 3.04. The van der Waals surface area contributed by atoms with Crippen LogP contribution in [0.15, 0.2) is 12.7 Å². The van der Waals surface area contributed by atoms with Gasteiger partial charge >= 0.3 is 0 Å². The van der Waals surface area contributed by atoms with Crippen molar-refractivity contribution in [3.05, 3.63) is 12.7 Å². The zero-order chi connectivity index (χ0) is 10.8. The molecule has 0 radical (unpaired) electrons. The summed E-state index contributed by atoms with van der Waals surface area (Å²) in [5.41, 5.74) is -0.467.